The second-order valence-electron chi connectivity index (χ2n) is 6.10. The zero-order valence-electron chi connectivity index (χ0n) is 12.7. The molecule has 0 bridgehead atoms. The van der Waals surface area contributed by atoms with Crippen molar-refractivity contribution in [2.75, 3.05) is 26.9 Å². The average Bonchev–Trinajstić information content (AvgIpc) is 2.87. The first kappa shape index (κ1) is 15.7. The molecule has 20 heavy (non-hydrogen) atoms. The smallest absolute Gasteiger partial charge is 0.236 e. The predicted molar refractivity (Wildman–Crippen MR) is 77.7 cm³/mol. The highest BCUT2D eigenvalue weighted by Gasteiger charge is 2.40. The number of hydrogen-bond donors (Lipinski definition) is 2. The van der Waals surface area contributed by atoms with Crippen LogP contribution in [0.5, 0.6) is 0 Å². The summed E-state index contributed by atoms with van der Waals surface area (Å²) in [6, 6.07) is 0.235. The van der Waals surface area contributed by atoms with E-state index in [1.807, 2.05) is 6.92 Å². The molecule has 2 N–H and O–H groups in total. The molecule has 1 aliphatic heterocycles. The van der Waals surface area contributed by atoms with Crippen LogP contribution < -0.4 is 10.6 Å². The van der Waals surface area contributed by atoms with Crippen LogP contribution in [0.4, 0.5) is 0 Å². The van der Waals surface area contributed by atoms with Gasteiger partial charge in [-0.2, -0.15) is 0 Å². The van der Waals surface area contributed by atoms with E-state index in [9.17, 15) is 4.79 Å². The van der Waals surface area contributed by atoms with Crippen LogP contribution in [0.1, 0.15) is 45.4 Å². The van der Waals surface area contributed by atoms with Crippen molar-refractivity contribution in [2.45, 2.75) is 63.1 Å². The Bertz CT molecular complexity index is 316. The first-order valence-electron chi connectivity index (χ1n) is 7.82. The van der Waals surface area contributed by atoms with Crippen LogP contribution in [0.25, 0.3) is 0 Å². The summed E-state index contributed by atoms with van der Waals surface area (Å²) in [5.41, 5.74) is 0.0994. The molecule has 1 amide bonds. The van der Waals surface area contributed by atoms with Crippen LogP contribution >= 0.6 is 0 Å². The van der Waals surface area contributed by atoms with E-state index in [1.165, 1.54) is 25.7 Å². The van der Waals surface area contributed by atoms with E-state index in [1.54, 1.807) is 7.11 Å². The molecule has 1 spiro atoms. The summed E-state index contributed by atoms with van der Waals surface area (Å²) < 4.78 is 11.0. The molecule has 2 unspecified atom stereocenters. The van der Waals surface area contributed by atoms with Crippen LogP contribution in [-0.4, -0.2) is 50.5 Å². The first-order chi connectivity index (χ1) is 9.65. The Labute approximate surface area is 121 Å². The summed E-state index contributed by atoms with van der Waals surface area (Å²) >= 11 is 0. The number of nitrogens with one attached hydrogen (secondary N) is 2. The van der Waals surface area contributed by atoms with Gasteiger partial charge in [0.15, 0.2) is 0 Å². The molecular weight excluding hydrogens is 256 g/mol. The number of amides is 1. The van der Waals surface area contributed by atoms with Crippen molar-refractivity contribution in [1.29, 1.82) is 0 Å². The van der Waals surface area contributed by atoms with Crippen molar-refractivity contribution < 1.29 is 14.3 Å². The van der Waals surface area contributed by atoms with E-state index in [2.05, 4.69) is 10.6 Å². The second kappa shape index (κ2) is 7.38. The topological polar surface area (TPSA) is 59.6 Å². The molecule has 2 aliphatic rings. The third-order valence-corrected chi connectivity index (χ3v) is 4.49. The fraction of sp³-hybridized carbons (Fsp3) is 0.933. The molecule has 2 atom stereocenters. The van der Waals surface area contributed by atoms with Crippen LogP contribution in [0.2, 0.25) is 0 Å². The average molecular weight is 284 g/mol. The second-order valence-corrected chi connectivity index (χ2v) is 6.10. The van der Waals surface area contributed by atoms with E-state index in [-0.39, 0.29) is 17.6 Å². The Balaban J connectivity index is 1.75. The largest absolute Gasteiger partial charge is 0.383 e. The highest BCUT2D eigenvalue weighted by Crippen LogP contribution is 2.39. The normalized spacial score (nSPS) is 26.6. The lowest BCUT2D eigenvalue weighted by Gasteiger charge is -2.39. The standard InChI is InChI=1S/C15H28N2O3/c1-12(14(18)16-8-10-19-2)17-13-5-9-20-15(11-13)6-3-4-7-15/h12-13,17H,3-11H2,1-2H3,(H,16,18). The number of carbonyl (C=O) groups excluding carboxylic acids is 1. The van der Waals surface area contributed by atoms with Gasteiger partial charge in [0.25, 0.3) is 0 Å². The molecule has 1 saturated carbocycles. The first-order valence-corrected chi connectivity index (χ1v) is 7.82. The lowest BCUT2D eigenvalue weighted by molar-refractivity contribution is -0.124. The fourth-order valence-electron chi connectivity index (χ4n) is 3.40. The van der Waals surface area contributed by atoms with Gasteiger partial charge in [0.2, 0.25) is 5.91 Å². The van der Waals surface area contributed by atoms with Gasteiger partial charge in [0.1, 0.15) is 0 Å². The van der Waals surface area contributed by atoms with Crippen LogP contribution in [0, 0.1) is 0 Å². The van der Waals surface area contributed by atoms with Gasteiger partial charge in [-0.15, -0.1) is 0 Å². The monoisotopic (exact) mass is 284 g/mol. The molecule has 1 aliphatic carbocycles. The molecule has 2 fully saturated rings. The summed E-state index contributed by atoms with van der Waals surface area (Å²) in [6.07, 6.45) is 6.96. The van der Waals surface area contributed by atoms with Gasteiger partial charge in [-0.3, -0.25) is 4.79 Å². The summed E-state index contributed by atoms with van der Waals surface area (Å²) in [5, 5.41) is 6.34. The highest BCUT2D eigenvalue weighted by molar-refractivity contribution is 5.81. The number of rotatable bonds is 6. The summed E-state index contributed by atoms with van der Waals surface area (Å²) in [4.78, 5) is 11.9. The van der Waals surface area contributed by atoms with E-state index in [0.717, 1.165) is 19.4 Å². The highest BCUT2D eigenvalue weighted by atomic mass is 16.5. The van der Waals surface area contributed by atoms with Crippen molar-refractivity contribution in [3.63, 3.8) is 0 Å². The SMILES string of the molecule is COCCNC(=O)C(C)NC1CCOC2(CCCC2)C1. The minimum absolute atomic E-state index is 0.0500. The third kappa shape index (κ3) is 4.17. The van der Waals surface area contributed by atoms with Gasteiger partial charge in [-0.1, -0.05) is 12.8 Å². The Morgan fingerprint density at radius 2 is 2.20 bits per heavy atom. The van der Waals surface area contributed by atoms with Gasteiger partial charge in [0, 0.05) is 26.3 Å². The zero-order valence-corrected chi connectivity index (χ0v) is 12.7. The van der Waals surface area contributed by atoms with Gasteiger partial charge in [-0.25, -0.2) is 0 Å². The lowest BCUT2D eigenvalue weighted by Crippen LogP contribution is -2.52. The van der Waals surface area contributed by atoms with E-state index < -0.39 is 0 Å². The summed E-state index contributed by atoms with van der Waals surface area (Å²) in [6.45, 7) is 3.87. The van der Waals surface area contributed by atoms with Gasteiger partial charge in [-0.05, 0) is 32.6 Å². The van der Waals surface area contributed by atoms with Crippen molar-refractivity contribution in [2.24, 2.45) is 0 Å². The fourth-order valence-corrected chi connectivity index (χ4v) is 3.40. The predicted octanol–water partition coefficient (Wildman–Crippen LogP) is 1.22. The van der Waals surface area contributed by atoms with E-state index in [4.69, 9.17) is 9.47 Å². The maximum Gasteiger partial charge on any atom is 0.236 e. The summed E-state index contributed by atoms with van der Waals surface area (Å²) in [7, 11) is 1.64. The zero-order chi connectivity index (χ0) is 14.4. The quantitative estimate of drug-likeness (QED) is 0.720. The number of ether oxygens (including phenoxy) is 2. The molecule has 0 aromatic carbocycles. The Kier molecular flexibility index (Phi) is 5.81. The van der Waals surface area contributed by atoms with Crippen LogP contribution in [0.3, 0.4) is 0 Å². The maximum atomic E-state index is 11.9. The Morgan fingerprint density at radius 3 is 2.90 bits per heavy atom. The van der Waals surface area contributed by atoms with Crippen molar-refractivity contribution in [1.82, 2.24) is 10.6 Å². The number of carbonyl (C=O) groups is 1. The van der Waals surface area contributed by atoms with E-state index >= 15 is 0 Å². The molecule has 1 saturated heterocycles. The molecule has 116 valence electrons. The molecule has 0 aromatic rings. The minimum Gasteiger partial charge on any atom is -0.383 e. The molecule has 2 rings (SSSR count). The molecule has 0 radical (unpaired) electrons. The lowest BCUT2D eigenvalue weighted by atomic mass is 9.88. The Morgan fingerprint density at radius 1 is 1.45 bits per heavy atom. The van der Waals surface area contributed by atoms with Crippen LogP contribution in [0.15, 0.2) is 0 Å². The molecule has 1 heterocycles. The van der Waals surface area contributed by atoms with Crippen molar-refractivity contribution in [3.05, 3.63) is 0 Å². The van der Waals surface area contributed by atoms with Gasteiger partial charge < -0.3 is 20.1 Å². The van der Waals surface area contributed by atoms with Gasteiger partial charge >= 0.3 is 0 Å². The van der Waals surface area contributed by atoms with E-state index in [0.29, 0.717) is 19.2 Å². The number of methoxy groups -OCH3 is 1. The summed E-state index contributed by atoms with van der Waals surface area (Å²) in [5.74, 6) is 0.0500. The molecule has 0 aromatic heterocycles. The minimum atomic E-state index is -0.159. The van der Waals surface area contributed by atoms with Crippen molar-refractivity contribution in [3.8, 4) is 0 Å². The molecular formula is C15H28N2O3. The molecule has 5 heteroatoms. The third-order valence-electron chi connectivity index (χ3n) is 4.49. The Hall–Kier alpha value is -0.650. The van der Waals surface area contributed by atoms with Crippen molar-refractivity contribution >= 4 is 5.91 Å². The number of hydrogen-bond acceptors (Lipinski definition) is 4. The van der Waals surface area contributed by atoms with Gasteiger partial charge in [0.05, 0.1) is 18.2 Å². The molecule has 5 nitrogen and oxygen atoms in total. The maximum absolute atomic E-state index is 11.9. The van der Waals surface area contributed by atoms with Crippen LogP contribution in [-0.2, 0) is 14.3 Å².